The van der Waals surface area contributed by atoms with Crippen molar-refractivity contribution in [3.63, 3.8) is 0 Å². The van der Waals surface area contributed by atoms with E-state index in [1.54, 1.807) is 20.8 Å². The minimum Gasteiger partial charge on any atom is -0.489 e. The predicted molar refractivity (Wildman–Crippen MR) is 104 cm³/mol. The Hall–Kier alpha value is -3.00. The number of carbonyl (C=O) groups is 1. The highest BCUT2D eigenvalue weighted by atomic mass is 16.6. The van der Waals surface area contributed by atoms with Crippen LogP contribution in [-0.4, -0.2) is 17.7 Å². The van der Waals surface area contributed by atoms with Gasteiger partial charge in [-0.1, -0.05) is 42.5 Å². The molecule has 1 N–H and O–H groups in total. The fourth-order valence-electron chi connectivity index (χ4n) is 2.55. The van der Waals surface area contributed by atoms with Crippen molar-refractivity contribution in [3.05, 3.63) is 65.7 Å². The van der Waals surface area contributed by atoms with Crippen LogP contribution in [0.5, 0.6) is 5.75 Å². The number of nitrogens with one attached hydrogen (secondary N) is 1. The van der Waals surface area contributed by atoms with Crippen molar-refractivity contribution in [2.24, 2.45) is 0 Å². The van der Waals surface area contributed by atoms with Crippen molar-refractivity contribution in [2.75, 3.05) is 0 Å². The van der Waals surface area contributed by atoms with E-state index in [0.717, 1.165) is 16.9 Å². The van der Waals surface area contributed by atoms with Crippen molar-refractivity contribution in [3.8, 4) is 11.8 Å². The van der Waals surface area contributed by atoms with E-state index in [4.69, 9.17) is 14.7 Å². The SMILES string of the molecule is CC(C)(C)OC(=O)N[C@H](CC#N)Cc1cccc(OCc2ccccc2)c1. The summed E-state index contributed by atoms with van der Waals surface area (Å²) in [6, 6.07) is 19.4. The van der Waals surface area contributed by atoms with Gasteiger partial charge < -0.3 is 14.8 Å². The Morgan fingerprint density at radius 2 is 1.81 bits per heavy atom. The summed E-state index contributed by atoms with van der Waals surface area (Å²) in [5.41, 5.74) is 1.50. The summed E-state index contributed by atoms with van der Waals surface area (Å²) in [6.07, 6.45) is 0.211. The highest BCUT2D eigenvalue weighted by Gasteiger charge is 2.19. The molecular formula is C22H26N2O3. The average molecular weight is 366 g/mol. The lowest BCUT2D eigenvalue weighted by molar-refractivity contribution is 0.0505. The maximum Gasteiger partial charge on any atom is 0.407 e. The summed E-state index contributed by atoms with van der Waals surface area (Å²) in [5.74, 6) is 0.754. The molecular weight excluding hydrogens is 340 g/mol. The molecule has 5 nitrogen and oxygen atoms in total. The molecule has 5 heteroatoms. The smallest absolute Gasteiger partial charge is 0.407 e. The average Bonchev–Trinajstić information content (AvgIpc) is 2.60. The quantitative estimate of drug-likeness (QED) is 0.776. The zero-order valence-electron chi connectivity index (χ0n) is 16.1. The molecule has 0 fully saturated rings. The number of ether oxygens (including phenoxy) is 2. The van der Waals surface area contributed by atoms with Crippen LogP contribution in [-0.2, 0) is 17.8 Å². The van der Waals surface area contributed by atoms with Crippen LogP contribution in [0.15, 0.2) is 54.6 Å². The third-order valence-electron chi connectivity index (χ3n) is 3.69. The van der Waals surface area contributed by atoms with E-state index in [2.05, 4.69) is 11.4 Å². The van der Waals surface area contributed by atoms with Gasteiger partial charge in [0.2, 0.25) is 0 Å². The first kappa shape index (κ1) is 20.3. The van der Waals surface area contributed by atoms with E-state index in [0.29, 0.717) is 13.0 Å². The number of hydrogen-bond acceptors (Lipinski definition) is 4. The van der Waals surface area contributed by atoms with Crippen LogP contribution in [0.1, 0.15) is 38.3 Å². The Morgan fingerprint density at radius 1 is 1.11 bits per heavy atom. The van der Waals surface area contributed by atoms with Gasteiger partial charge in [-0.25, -0.2) is 4.79 Å². The molecule has 27 heavy (non-hydrogen) atoms. The predicted octanol–water partition coefficient (Wildman–Crippen LogP) is 4.62. The van der Waals surface area contributed by atoms with Gasteiger partial charge in [0.15, 0.2) is 0 Å². The lowest BCUT2D eigenvalue weighted by Crippen LogP contribution is -2.40. The number of amides is 1. The molecule has 0 aliphatic carbocycles. The molecule has 2 aromatic carbocycles. The van der Waals surface area contributed by atoms with Crippen molar-refractivity contribution >= 4 is 6.09 Å². The third kappa shape index (κ3) is 7.83. The molecule has 0 saturated carbocycles. The maximum absolute atomic E-state index is 12.0. The highest BCUT2D eigenvalue weighted by Crippen LogP contribution is 2.17. The molecule has 0 saturated heterocycles. The van der Waals surface area contributed by atoms with Gasteiger partial charge in [0.1, 0.15) is 18.0 Å². The number of nitrogens with zero attached hydrogens (tertiary/aromatic N) is 1. The number of hydrogen-bond donors (Lipinski definition) is 1. The number of rotatable bonds is 7. The Bertz CT molecular complexity index is 776. The van der Waals surface area contributed by atoms with Crippen LogP contribution in [0.2, 0.25) is 0 Å². The monoisotopic (exact) mass is 366 g/mol. The molecule has 0 bridgehead atoms. The van der Waals surface area contributed by atoms with E-state index < -0.39 is 11.7 Å². The van der Waals surface area contributed by atoms with Crippen LogP contribution in [0, 0.1) is 11.3 Å². The van der Waals surface area contributed by atoms with Gasteiger partial charge in [0.25, 0.3) is 0 Å². The normalized spacial score (nSPS) is 11.9. The molecule has 2 aromatic rings. The van der Waals surface area contributed by atoms with E-state index in [1.165, 1.54) is 0 Å². The first-order chi connectivity index (χ1) is 12.9. The lowest BCUT2D eigenvalue weighted by Gasteiger charge is -2.22. The first-order valence-electron chi connectivity index (χ1n) is 8.98. The second-order valence-corrected chi connectivity index (χ2v) is 7.33. The molecule has 1 atom stereocenters. The van der Waals surface area contributed by atoms with E-state index in [1.807, 2.05) is 54.6 Å². The Morgan fingerprint density at radius 3 is 2.48 bits per heavy atom. The van der Waals surface area contributed by atoms with Crippen molar-refractivity contribution in [1.82, 2.24) is 5.32 Å². The van der Waals surface area contributed by atoms with Crippen LogP contribution in [0.25, 0.3) is 0 Å². The summed E-state index contributed by atoms with van der Waals surface area (Å²) in [7, 11) is 0. The van der Waals surface area contributed by atoms with Gasteiger partial charge in [0.05, 0.1) is 12.5 Å². The summed E-state index contributed by atoms with van der Waals surface area (Å²) in [4.78, 5) is 12.0. The van der Waals surface area contributed by atoms with E-state index in [9.17, 15) is 4.79 Å². The maximum atomic E-state index is 12.0. The van der Waals surface area contributed by atoms with Crippen LogP contribution in [0.4, 0.5) is 4.79 Å². The van der Waals surface area contributed by atoms with Crippen molar-refractivity contribution < 1.29 is 14.3 Å². The Balaban J connectivity index is 1.97. The van der Waals surface area contributed by atoms with Gasteiger partial charge >= 0.3 is 6.09 Å². The summed E-state index contributed by atoms with van der Waals surface area (Å²) in [6.45, 7) is 5.90. The molecule has 0 radical (unpaired) electrons. The molecule has 2 rings (SSSR count). The molecule has 0 unspecified atom stereocenters. The summed E-state index contributed by atoms with van der Waals surface area (Å²) in [5, 5.41) is 11.8. The molecule has 0 spiro atoms. The fourth-order valence-corrected chi connectivity index (χ4v) is 2.55. The molecule has 0 aliphatic heterocycles. The van der Waals surface area contributed by atoms with Crippen molar-refractivity contribution in [1.29, 1.82) is 5.26 Å². The summed E-state index contributed by atoms with van der Waals surface area (Å²) >= 11 is 0. The zero-order chi connectivity index (χ0) is 19.7. The van der Waals surface area contributed by atoms with Gasteiger partial charge in [0, 0.05) is 6.04 Å². The molecule has 1 amide bonds. The second kappa shape index (κ2) is 9.63. The Kier molecular flexibility index (Phi) is 7.25. The second-order valence-electron chi connectivity index (χ2n) is 7.33. The van der Waals surface area contributed by atoms with Crippen LogP contribution in [0.3, 0.4) is 0 Å². The van der Waals surface area contributed by atoms with Gasteiger partial charge in [-0.3, -0.25) is 0 Å². The van der Waals surface area contributed by atoms with E-state index in [-0.39, 0.29) is 12.5 Å². The first-order valence-corrected chi connectivity index (χ1v) is 8.98. The zero-order valence-corrected chi connectivity index (χ0v) is 16.1. The largest absolute Gasteiger partial charge is 0.489 e. The minimum absolute atomic E-state index is 0.203. The Labute approximate surface area is 160 Å². The van der Waals surface area contributed by atoms with Crippen LogP contribution >= 0.6 is 0 Å². The molecule has 142 valence electrons. The molecule has 0 heterocycles. The third-order valence-corrected chi connectivity index (χ3v) is 3.69. The van der Waals surface area contributed by atoms with Crippen LogP contribution < -0.4 is 10.1 Å². The fraction of sp³-hybridized carbons (Fsp3) is 0.364. The van der Waals surface area contributed by atoms with Gasteiger partial charge in [-0.05, 0) is 50.5 Å². The highest BCUT2D eigenvalue weighted by molar-refractivity contribution is 5.68. The van der Waals surface area contributed by atoms with E-state index >= 15 is 0 Å². The number of alkyl carbamates (subject to hydrolysis) is 1. The standard InChI is InChI=1S/C22H26N2O3/c1-22(2,3)27-21(25)24-19(12-13-23)14-18-10-7-11-20(15-18)26-16-17-8-5-4-6-9-17/h4-11,15,19H,12,14,16H2,1-3H3,(H,24,25)/t19-/m1/s1. The lowest BCUT2D eigenvalue weighted by atomic mass is 10.0. The molecule has 0 aliphatic rings. The summed E-state index contributed by atoms with van der Waals surface area (Å²) < 4.78 is 11.1. The number of benzene rings is 2. The topological polar surface area (TPSA) is 71.3 Å². The minimum atomic E-state index is -0.577. The van der Waals surface area contributed by atoms with Gasteiger partial charge in [-0.15, -0.1) is 0 Å². The van der Waals surface area contributed by atoms with Gasteiger partial charge in [-0.2, -0.15) is 5.26 Å². The van der Waals surface area contributed by atoms with Crippen molar-refractivity contribution in [2.45, 2.75) is 51.9 Å². The molecule has 0 aromatic heterocycles. The number of carbonyl (C=O) groups excluding carboxylic acids is 1. The number of nitriles is 1.